The van der Waals surface area contributed by atoms with Crippen molar-refractivity contribution < 1.29 is 23.9 Å². The monoisotopic (exact) mass is 338 g/mol. The maximum Gasteiger partial charge on any atom is 0.377 e. The van der Waals surface area contributed by atoms with Crippen molar-refractivity contribution >= 4 is 34.9 Å². The molecule has 120 valence electrons. The molecule has 0 aliphatic rings. The number of aliphatic carboxylic acids is 1. The minimum atomic E-state index is -1.64. The van der Waals surface area contributed by atoms with Crippen LogP contribution in [0.4, 0.5) is 10.1 Å². The summed E-state index contributed by atoms with van der Waals surface area (Å²) >= 11 is 5.75. The third-order valence-corrected chi connectivity index (χ3v) is 3.36. The van der Waals surface area contributed by atoms with Gasteiger partial charge in [-0.15, -0.1) is 0 Å². The van der Waals surface area contributed by atoms with E-state index in [2.05, 4.69) is 10.3 Å². The topological polar surface area (TPSA) is 99.3 Å². The minimum absolute atomic E-state index is 0.141. The number of hydrogen-bond acceptors (Lipinski definition) is 3. The predicted molar refractivity (Wildman–Crippen MR) is 81.2 cm³/mol. The number of carboxylic acid groups (broad SMARTS) is 1. The second kappa shape index (κ2) is 6.62. The third-order valence-electron chi connectivity index (χ3n) is 3.06. The molecule has 23 heavy (non-hydrogen) atoms. The van der Waals surface area contributed by atoms with Crippen molar-refractivity contribution in [1.29, 1.82) is 0 Å². The first-order valence-corrected chi connectivity index (χ1v) is 6.86. The molecule has 2 rings (SSSR count). The van der Waals surface area contributed by atoms with Crippen LogP contribution in [0, 0.1) is 12.7 Å². The summed E-state index contributed by atoms with van der Waals surface area (Å²) in [6, 6.07) is 5.35. The molecule has 6 nitrogen and oxygen atoms in total. The van der Waals surface area contributed by atoms with E-state index in [0.717, 1.165) is 0 Å². The van der Waals surface area contributed by atoms with Crippen LogP contribution in [-0.4, -0.2) is 27.8 Å². The number of aryl methyl sites for hydroxylation is 1. The van der Waals surface area contributed by atoms with Gasteiger partial charge in [0.15, 0.2) is 0 Å². The Bertz CT molecular complexity index is 801. The van der Waals surface area contributed by atoms with Crippen molar-refractivity contribution in [3.63, 3.8) is 0 Å². The number of H-pyrrole nitrogens is 1. The van der Waals surface area contributed by atoms with Crippen LogP contribution in [0.1, 0.15) is 21.6 Å². The van der Waals surface area contributed by atoms with E-state index in [0.29, 0.717) is 11.3 Å². The maximum absolute atomic E-state index is 13.2. The van der Waals surface area contributed by atoms with Crippen molar-refractivity contribution in [3.05, 3.63) is 52.1 Å². The molecule has 1 heterocycles. The Kier molecular flexibility index (Phi) is 4.80. The average molecular weight is 339 g/mol. The van der Waals surface area contributed by atoms with Crippen molar-refractivity contribution in [2.24, 2.45) is 0 Å². The van der Waals surface area contributed by atoms with Crippen LogP contribution in [0.2, 0.25) is 5.15 Å². The first-order chi connectivity index (χ1) is 10.8. The molecular formula is C15H12ClFN2O4. The number of hydrogen-bond donors (Lipinski definition) is 3. The number of ketones is 1. The standard InChI is InChI=1S/C15H12ClFN2O4/c1-7-4-8(2-3-11(7)17)18-12(20)6-9-5-10(14(16)19-9)13(21)15(22)23/h2-5,19H,6H2,1H3,(H,18,20)(H,22,23). The van der Waals surface area contributed by atoms with Gasteiger partial charge in [-0.3, -0.25) is 9.59 Å². The molecule has 0 bridgehead atoms. The van der Waals surface area contributed by atoms with Gasteiger partial charge in [0.2, 0.25) is 5.91 Å². The fourth-order valence-corrected chi connectivity index (χ4v) is 2.22. The van der Waals surface area contributed by atoms with E-state index in [1.807, 2.05) is 0 Å². The Morgan fingerprint density at radius 3 is 2.61 bits per heavy atom. The molecule has 1 aromatic heterocycles. The molecule has 0 saturated heterocycles. The number of carbonyl (C=O) groups excluding carboxylic acids is 2. The van der Waals surface area contributed by atoms with Gasteiger partial charge in [-0.05, 0) is 36.8 Å². The lowest BCUT2D eigenvalue weighted by molar-refractivity contribution is -0.131. The van der Waals surface area contributed by atoms with Gasteiger partial charge < -0.3 is 15.4 Å². The number of Topliss-reactive ketones (excluding diaryl/α,β-unsaturated/α-hetero) is 1. The van der Waals surface area contributed by atoms with Crippen LogP contribution >= 0.6 is 11.6 Å². The molecule has 0 fully saturated rings. The van der Waals surface area contributed by atoms with E-state index >= 15 is 0 Å². The van der Waals surface area contributed by atoms with E-state index in [4.69, 9.17) is 16.7 Å². The molecule has 0 radical (unpaired) electrons. The largest absolute Gasteiger partial charge is 0.475 e. The second-order valence-corrected chi connectivity index (χ2v) is 5.22. The molecule has 2 aromatic rings. The zero-order valence-electron chi connectivity index (χ0n) is 11.9. The first kappa shape index (κ1) is 16.7. The van der Waals surface area contributed by atoms with Crippen molar-refractivity contribution in [1.82, 2.24) is 4.98 Å². The molecule has 0 atom stereocenters. The van der Waals surface area contributed by atoms with Gasteiger partial charge in [-0.1, -0.05) is 11.6 Å². The number of nitrogens with one attached hydrogen (secondary N) is 2. The molecule has 8 heteroatoms. The molecule has 3 N–H and O–H groups in total. The maximum atomic E-state index is 13.2. The summed E-state index contributed by atoms with van der Waals surface area (Å²) in [6.07, 6.45) is -0.150. The summed E-state index contributed by atoms with van der Waals surface area (Å²) in [5.41, 5.74) is 0.893. The molecule has 0 saturated carbocycles. The Morgan fingerprint density at radius 1 is 1.30 bits per heavy atom. The molecule has 0 unspecified atom stereocenters. The van der Waals surface area contributed by atoms with Crippen molar-refractivity contribution in [3.8, 4) is 0 Å². The highest BCUT2D eigenvalue weighted by atomic mass is 35.5. The van der Waals surface area contributed by atoms with Crippen molar-refractivity contribution in [2.45, 2.75) is 13.3 Å². The molecule has 0 spiro atoms. The normalized spacial score (nSPS) is 10.4. The molecule has 1 amide bonds. The van der Waals surface area contributed by atoms with Crippen LogP contribution < -0.4 is 5.32 Å². The Labute approximate surface area is 135 Å². The highest BCUT2D eigenvalue weighted by Gasteiger charge is 2.21. The number of benzene rings is 1. The molecule has 0 aliphatic heterocycles. The van der Waals surface area contributed by atoms with Gasteiger partial charge in [0, 0.05) is 11.4 Å². The third kappa shape index (κ3) is 3.95. The first-order valence-electron chi connectivity index (χ1n) is 6.49. The second-order valence-electron chi connectivity index (χ2n) is 4.85. The van der Waals surface area contributed by atoms with E-state index in [1.165, 1.54) is 24.3 Å². The van der Waals surface area contributed by atoms with Crippen LogP contribution in [-0.2, 0) is 16.0 Å². The Morgan fingerprint density at radius 2 is 2.00 bits per heavy atom. The summed E-state index contributed by atoms with van der Waals surface area (Å²) in [4.78, 5) is 36.5. The predicted octanol–water partition coefficient (Wildman–Crippen LogP) is 2.56. The highest BCUT2D eigenvalue weighted by molar-refractivity contribution is 6.44. The Balaban J connectivity index is 2.08. The highest BCUT2D eigenvalue weighted by Crippen LogP contribution is 2.19. The van der Waals surface area contributed by atoms with E-state index in [1.54, 1.807) is 6.92 Å². The number of carbonyl (C=O) groups is 3. The molecule has 1 aromatic carbocycles. The number of halogens is 2. The minimum Gasteiger partial charge on any atom is -0.475 e. The SMILES string of the molecule is Cc1cc(NC(=O)Cc2cc(C(=O)C(=O)O)c(Cl)[nH]2)ccc1F. The van der Waals surface area contributed by atoms with Gasteiger partial charge in [-0.25, -0.2) is 9.18 Å². The summed E-state index contributed by atoms with van der Waals surface area (Å²) in [7, 11) is 0. The number of aromatic nitrogens is 1. The number of aromatic amines is 1. The van der Waals surface area contributed by atoms with Gasteiger partial charge in [0.05, 0.1) is 12.0 Å². The van der Waals surface area contributed by atoms with Crippen LogP contribution in [0.5, 0.6) is 0 Å². The van der Waals surface area contributed by atoms with Crippen LogP contribution in [0.3, 0.4) is 0 Å². The summed E-state index contributed by atoms with van der Waals surface area (Å²) in [5, 5.41) is 11.1. The lowest BCUT2D eigenvalue weighted by Crippen LogP contribution is -2.15. The zero-order valence-corrected chi connectivity index (χ0v) is 12.7. The number of anilines is 1. The lowest BCUT2D eigenvalue weighted by atomic mass is 10.2. The number of amides is 1. The van der Waals surface area contributed by atoms with Crippen LogP contribution in [0.15, 0.2) is 24.3 Å². The zero-order chi connectivity index (χ0) is 17.1. The summed E-state index contributed by atoms with van der Waals surface area (Å²) in [6.45, 7) is 1.57. The Hall–Kier alpha value is -2.67. The fraction of sp³-hybridized carbons (Fsp3) is 0.133. The van der Waals surface area contributed by atoms with E-state index in [-0.39, 0.29) is 28.6 Å². The lowest BCUT2D eigenvalue weighted by Gasteiger charge is -2.05. The van der Waals surface area contributed by atoms with E-state index in [9.17, 15) is 18.8 Å². The van der Waals surface area contributed by atoms with Gasteiger partial charge in [0.1, 0.15) is 11.0 Å². The number of rotatable bonds is 5. The fourth-order valence-electron chi connectivity index (χ4n) is 1.96. The van der Waals surface area contributed by atoms with Crippen molar-refractivity contribution in [2.75, 3.05) is 5.32 Å². The van der Waals surface area contributed by atoms with Gasteiger partial charge in [-0.2, -0.15) is 0 Å². The van der Waals surface area contributed by atoms with Gasteiger partial charge >= 0.3 is 5.97 Å². The average Bonchev–Trinajstić information content (AvgIpc) is 2.82. The number of carboxylic acids is 1. The van der Waals surface area contributed by atoms with Gasteiger partial charge in [0.25, 0.3) is 5.78 Å². The summed E-state index contributed by atoms with van der Waals surface area (Å²) < 4.78 is 13.2. The summed E-state index contributed by atoms with van der Waals surface area (Å²) in [5.74, 6) is -3.60. The molecule has 0 aliphatic carbocycles. The van der Waals surface area contributed by atoms with Crippen LogP contribution in [0.25, 0.3) is 0 Å². The quantitative estimate of drug-likeness (QED) is 0.576. The smallest absolute Gasteiger partial charge is 0.377 e. The molecular weight excluding hydrogens is 327 g/mol. The van der Waals surface area contributed by atoms with E-state index < -0.39 is 17.7 Å².